The number of carbonyl (C=O) groups is 1. The Hall–Kier alpha value is -0.570. The summed E-state index contributed by atoms with van der Waals surface area (Å²) in [5, 5.41) is 0. The van der Waals surface area contributed by atoms with Crippen molar-refractivity contribution >= 4 is 5.91 Å². The SMILES string of the molecule is CCN(CC(C)C)C(=O)C1CCC(N)C(C)C1. The van der Waals surface area contributed by atoms with Gasteiger partial charge in [-0.05, 0) is 38.0 Å². The zero-order valence-electron chi connectivity index (χ0n) is 11.8. The van der Waals surface area contributed by atoms with Crippen molar-refractivity contribution in [2.75, 3.05) is 13.1 Å². The highest BCUT2D eigenvalue weighted by atomic mass is 16.2. The van der Waals surface area contributed by atoms with Crippen molar-refractivity contribution in [1.29, 1.82) is 0 Å². The number of rotatable bonds is 4. The molecular formula is C14H28N2O. The van der Waals surface area contributed by atoms with Crippen LogP contribution in [0, 0.1) is 17.8 Å². The van der Waals surface area contributed by atoms with Gasteiger partial charge in [-0.3, -0.25) is 4.79 Å². The van der Waals surface area contributed by atoms with Crippen LogP contribution < -0.4 is 5.73 Å². The molecule has 3 nitrogen and oxygen atoms in total. The lowest BCUT2D eigenvalue weighted by molar-refractivity contribution is -0.137. The molecule has 1 amide bonds. The monoisotopic (exact) mass is 240 g/mol. The fraction of sp³-hybridized carbons (Fsp3) is 0.929. The molecule has 100 valence electrons. The first kappa shape index (κ1) is 14.5. The number of hydrogen-bond donors (Lipinski definition) is 1. The Labute approximate surface area is 106 Å². The highest BCUT2D eigenvalue weighted by Crippen LogP contribution is 2.29. The number of nitrogens with zero attached hydrogens (tertiary/aromatic N) is 1. The smallest absolute Gasteiger partial charge is 0.225 e. The average Bonchev–Trinajstić information content (AvgIpc) is 2.28. The summed E-state index contributed by atoms with van der Waals surface area (Å²) in [5.41, 5.74) is 6.01. The van der Waals surface area contributed by atoms with E-state index in [1.807, 2.05) is 4.90 Å². The molecule has 0 saturated heterocycles. The zero-order chi connectivity index (χ0) is 13.0. The van der Waals surface area contributed by atoms with Gasteiger partial charge in [0.2, 0.25) is 5.91 Å². The third-order valence-corrected chi connectivity index (χ3v) is 3.86. The van der Waals surface area contributed by atoms with E-state index in [9.17, 15) is 4.79 Å². The molecule has 1 aliphatic carbocycles. The summed E-state index contributed by atoms with van der Waals surface area (Å²) in [5.74, 6) is 1.58. The Balaban J connectivity index is 2.56. The Kier molecular flexibility index (Phi) is 5.44. The van der Waals surface area contributed by atoms with Crippen molar-refractivity contribution in [1.82, 2.24) is 4.90 Å². The van der Waals surface area contributed by atoms with Crippen LogP contribution in [0.1, 0.15) is 47.0 Å². The van der Waals surface area contributed by atoms with Gasteiger partial charge in [-0.2, -0.15) is 0 Å². The fourth-order valence-corrected chi connectivity index (χ4v) is 2.72. The van der Waals surface area contributed by atoms with Crippen molar-refractivity contribution < 1.29 is 4.79 Å². The molecule has 1 fully saturated rings. The van der Waals surface area contributed by atoms with Crippen LogP contribution in [0.5, 0.6) is 0 Å². The Morgan fingerprint density at radius 1 is 1.41 bits per heavy atom. The Morgan fingerprint density at radius 3 is 2.53 bits per heavy atom. The molecule has 0 aromatic carbocycles. The van der Waals surface area contributed by atoms with E-state index in [0.717, 1.165) is 32.4 Å². The molecule has 1 saturated carbocycles. The summed E-state index contributed by atoms with van der Waals surface area (Å²) in [6.45, 7) is 10.3. The molecule has 0 bridgehead atoms. The highest BCUT2D eigenvalue weighted by molar-refractivity contribution is 5.79. The standard InChI is InChI=1S/C14H28N2O/c1-5-16(9-10(2)3)14(17)12-6-7-13(15)11(4)8-12/h10-13H,5-9,15H2,1-4H3. The minimum atomic E-state index is 0.212. The molecule has 0 spiro atoms. The van der Waals surface area contributed by atoms with Crippen LogP contribution in [-0.2, 0) is 4.79 Å². The molecule has 1 rings (SSSR count). The van der Waals surface area contributed by atoms with Crippen molar-refractivity contribution in [2.45, 2.75) is 53.0 Å². The van der Waals surface area contributed by atoms with Crippen molar-refractivity contribution in [3.8, 4) is 0 Å². The Bertz CT molecular complexity index is 253. The van der Waals surface area contributed by atoms with E-state index in [1.54, 1.807) is 0 Å². The normalized spacial score (nSPS) is 29.4. The molecule has 2 N–H and O–H groups in total. The average molecular weight is 240 g/mol. The summed E-state index contributed by atoms with van der Waals surface area (Å²) in [6, 6.07) is 0.291. The number of nitrogens with two attached hydrogens (primary N) is 1. The van der Waals surface area contributed by atoms with E-state index >= 15 is 0 Å². The second kappa shape index (κ2) is 6.39. The molecule has 0 aromatic rings. The van der Waals surface area contributed by atoms with Crippen LogP contribution in [0.25, 0.3) is 0 Å². The number of carbonyl (C=O) groups excluding carboxylic acids is 1. The number of amides is 1. The maximum atomic E-state index is 12.4. The maximum absolute atomic E-state index is 12.4. The largest absolute Gasteiger partial charge is 0.342 e. The lowest BCUT2D eigenvalue weighted by atomic mass is 9.78. The van der Waals surface area contributed by atoms with Crippen LogP contribution >= 0.6 is 0 Å². The molecule has 17 heavy (non-hydrogen) atoms. The third kappa shape index (κ3) is 3.98. The topological polar surface area (TPSA) is 46.3 Å². The van der Waals surface area contributed by atoms with Crippen molar-refractivity contribution in [3.63, 3.8) is 0 Å². The van der Waals surface area contributed by atoms with E-state index in [0.29, 0.717) is 23.8 Å². The molecule has 1 aliphatic rings. The van der Waals surface area contributed by atoms with Gasteiger partial charge in [-0.1, -0.05) is 20.8 Å². The van der Waals surface area contributed by atoms with Crippen LogP contribution in [0.15, 0.2) is 0 Å². The van der Waals surface area contributed by atoms with Crippen LogP contribution in [0.4, 0.5) is 0 Å². The molecule has 0 aromatic heterocycles. The molecule has 0 radical (unpaired) electrons. The molecule has 3 heteroatoms. The van der Waals surface area contributed by atoms with Crippen molar-refractivity contribution in [3.05, 3.63) is 0 Å². The minimum Gasteiger partial charge on any atom is -0.342 e. The molecule has 3 atom stereocenters. The van der Waals surface area contributed by atoms with Gasteiger partial charge in [0.05, 0.1) is 0 Å². The molecular weight excluding hydrogens is 212 g/mol. The van der Waals surface area contributed by atoms with Gasteiger partial charge in [0.25, 0.3) is 0 Å². The zero-order valence-corrected chi connectivity index (χ0v) is 11.8. The van der Waals surface area contributed by atoms with Crippen LogP contribution in [-0.4, -0.2) is 29.9 Å². The fourth-order valence-electron chi connectivity index (χ4n) is 2.72. The van der Waals surface area contributed by atoms with Gasteiger partial charge in [-0.15, -0.1) is 0 Å². The lowest BCUT2D eigenvalue weighted by Gasteiger charge is -2.34. The predicted molar refractivity (Wildman–Crippen MR) is 71.6 cm³/mol. The minimum absolute atomic E-state index is 0.212. The van der Waals surface area contributed by atoms with Gasteiger partial charge in [-0.25, -0.2) is 0 Å². The van der Waals surface area contributed by atoms with Gasteiger partial charge in [0.15, 0.2) is 0 Å². The van der Waals surface area contributed by atoms with E-state index in [-0.39, 0.29) is 5.92 Å². The van der Waals surface area contributed by atoms with E-state index < -0.39 is 0 Å². The highest BCUT2D eigenvalue weighted by Gasteiger charge is 2.31. The van der Waals surface area contributed by atoms with E-state index in [1.165, 1.54) is 0 Å². The van der Waals surface area contributed by atoms with Gasteiger partial charge in [0, 0.05) is 25.0 Å². The van der Waals surface area contributed by atoms with Crippen molar-refractivity contribution in [2.24, 2.45) is 23.5 Å². The quantitative estimate of drug-likeness (QED) is 0.819. The summed E-state index contributed by atoms with van der Waals surface area (Å²) < 4.78 is 0. The first-order valence-corrected chi connectivity index (χ1v) is 7.00. The third-order valence-electron chi connectivity index (χ3n) is 3.86. The molecule has 0 heterocycles. The van der Waals surface area contributed by atoms with Gasteiger partial charge >= 0.3 is 0 Å². The second-order valence-electron chi connectivity index (χ2n) is 5.92. The second-order valence-corrected chi connectivity index (χ2v) is 5.92. The van der Waals surface area contributed by atoms with Crippen LogP contribution in [0.3, 0.4) is 0 Å². The van der Waals surface area contributed by atoms with Gasteiger partial charge in [0.1, 0.15) is 0 Å². The van der Waals surface area contributed by atoms with E-state index in [2.05, 4.69) is 27.7 Å². The van der Waals surface area contributed by atoms with Gasteiger partial charge < -0.3 is 10.6 Å². The van der Waals surface area contributed by atoms with Crippen LogP contribution in [0.2, 0.25) is 0 Å². The first-order valence-electron chi connectivity index (χ1n) is 7.00. The number of hydrogen-bond acceptors (Lipinski definition) is 2. The summed E-state index contributed by atoms with van der Waals surface area (Å²) in [7, 11) is 0. The van der Waals surface area contributed by atoms with E-state index in [4.69, 9.17) is 5.73 Å². The summed E-state index contributed by atoms with van der Waals surface area (Å²) >= 11 is 0. The summed E-state index contributed by atoms with van der Waals surface area (Å²) in [4.78, 5) is 14.4. The predicted octanol–water partition coefficient (Wildman–Crippen LogP) is 2.25. The lowest BCUT2D eigenvalue weighted by Crippen LogP contribution is -2.43. The maximum Gasteiger partial charge on any atom is 0.225 e. The first-order chi connectivity index (χ1) is 7.95. The Morgan fingerprint density at radius 2 is 2.06 bits per heavy atom. The molecule has 3 unspecified atom stereocenters. The summed E-state index contributed by atoms with van der Waals surface area (Å²) in [6.07, 6.45) is 2.93. The molecule has 0 aliphatic heterocycles.